The summed E-state index contributed by atoms with van der Waals surface area (Å²) in [4.78, 5) is 13.2. The number of aromatic amines is 1. The highest BCUT2D eigenvalue weighted by molar-refractivity contribution is 5.89. The fraction of sp³-hybridized carbons (Fsp3) is 0.188. The summed E-state index contributed by atoms with van der Waals surface area (Å²) in [5, 5.41) is 12.6. The van der Waals surface area contributed by atoms with Gasteiger partial charge in [-0.15, -0.1) is 0 Å². The minimum absolute atomic E-state index is 0.605. The van der Waals surface area contributed by atoms with E-state index < -0.39 is 0 Å². The van der Waals surface area contributed by atoms with Crippen LogP contribution >= 0.6 is 0 Å². The molecule has 0 aliphatic rings. The van der Waals surface area contributed by atoms with Crippen LogP contribution < -0.4 is 0 Å². The van der Waals surface area contributed by atoms with Crippen LogP contribution in [0, 0.1) is 13.8 Å². The third-order valence-corrected chi connectivity index (χ3v) is 3.63. The summed E-state index contributed by atoms with van der Waals surface area (Å²) in [7, 11) is 0. The van der Waals surface area contributed by atoms with Crippen LogP contribution in [0.5, 0.6) is 0 Å². The Morgan fingerprint density at radius 3 is 2.78 bits per heavy atom. The maximum atomic E-state index is 4.68. The predicted octanol–water partition coefficient (Wildman–Crippen LogP) is 2.28. The van der Waals surface area contributed by atoms with Crippen molar-refractivity contribution in [3.8, 4) is 11.5 Å². The number of pyridine rings is 2. The zero-order valence-corrected chi connectivity index (χ0v) is 12.9. The molecule has 0 aliphatic heterocycles. The van der Waals surface area contributed by atoms with Crippen molar-refractivity contribution in [1.29, 1.82) is 0 Å². The summed E-state index contributed by atoms with van der Waals surface area (Å²) >= 11 is 0. The molecule has 4 heterocycles. The van der Waals surface area contributed by atoms with Crippen LogP contribution in [-0.2, 0) is 6.54 Å². The van der Waals surface area contributed by atoms with Crippen LogP contribution in [-0.4, -0.2) is 34.9 Å². The fourth-order valence-electron chi connectivity index (χ4n) is 2.51. The molecule has 7 heteroatoms. The lowest BCUT2D eigenvalue weighted by Crippen LogP contribution is -2.03. The van der Waals surface area contributed by atoms with Crippen LogP contribution in [0.3, 0.4) is 0 Å². The van der Waals surface area contributed by atoms with E-state index in [0.29, 0.717) is 18.2 Å². The highest BCUT2D eigenvalue weighted by atomic mass is 15.3. The van der Waals surface area contributed by atoms with Gasteiger partial charge < -0.3 is 0 Å². The Balaban J connectivity index is 1.82. The molecule has 4 aromatic heterocycles. The lowest BCUT2D eigenvalue weighted by atomic mass is 10.2. The first-order valence-electron chi connectivity index (χ1n) is 7.33. The Morgan fingerprint density at radius 2 is 2.04 bits per heavy atom. The molecule has 23 heavy (non-hydrogen) atoms. The van der Waals surface area contributed by atoms with E-state index in [1.54, 1.807) is 6.20 Å². The van der Waals surface area contributed by atoms with Gasteiger partial charge in [0.2, 0.25) is 0 Å². The van der Waals surface area contributed by atoms with Gasteiger partial charge in [0, 0.05) is 18.1 Å². The van der Waals surface area contributed by atoms with Gasteiger partial charge in [-0.1, -0.05) is 6.07 Å². The number of fused-ring (bicyclic) bond motifs is 1. The van der Waals surface area contributed by atoms with Gasteiger partial charge in [0.1, 0.15) is 11.5 Å². The Hall–Kier alpha value is -3.09. The maximum absolute atomic E-state index is 4.68. The van der Waals surface area contributed by atoms with Crippen molar-refractivity contribution in [3.63, 3.8) is 0 Å². The molecule has 1 N–H and O–H groups in total. The zero-order valence-electron chi connectivity index (χ0n) is 12.9. The summed E-state index contributed by atoms with van der Waals surface area (Å²) in [5.74, 6) is 1.34. The van der Waals surface area contributed by atoms with E-state index in [4.69, 9.17) is 0 Å². The van der Waals surface area contributed by atoms with Gasteiger partial charge in [0.05, 0.1) is 11.9 Å². The monoisotopic (exact) mass is 305 g/mol. The lowest BCUT2D eigenvalue weighted by Gasteiger charge is -2.03. The fourth-order valence-corrected chi connectivity index (χ4v) is 2.51. The Kier molecular flexibility index (Phi) is 3.11. The van der Waals surface area contributed by atoms with Crippen LogP contribution in [0.1, 0.15) is 17.1 Å². The van der Waals surface area contributed by atoms with Crippen molar-refractivity contribution >= 4 is 11.0 Å². The third kappa shape index (κ3) is 2.46. The Morgan fingerprint density at radius 1 is 1.13 bits per heavy atom. The average Bonchev–Trinajstić information content (AvgIpc) is 3.14. The second-order valence-corrected chi connectivity index (χ2v) is 5.42. The smallest absolute Gasteiger partial charge is 0.177 e. The number of H-pyrrole nitrogens is 1. The molecule has 0 spiro atoms. The SMILES string of the molecule is Cc1ccc(Cn2nc(-c3nc(C)n[nH]3)c3cccnc32)cn1. The van der Waals surface area contributed by atoms with Crippen LogP contribution in [0.25, 0.3) is 22.6 Å². The molecule has 0 saturated carbocycles. The molecule has 0 aromatic carbocycles. The average molecular weight is 305 g/mol. The van der Waals surface area contributed by atoms with E-state index in [2.05, 4.69) is 36.3 Å². The second kappa shape index (κ2) is 5.28. The quantitative estimate of drug-likeness (QED) is 0.627. The van der Waals surface area contributed by atoms with E-state index in [-0.39, 0.29) is 0 Å². The van der Waals surface area contributed by atoms with Gasteiger partial charge in [-0.2, -0.15) is 10.2 Å². The summed E-state index contributed by atoms with van der Waals surface area (Å²) in [6.07, 6.45) is 3.63. The van der Waals surface area contributed by atoms with Crippen molar-refractivity contribution in [3.05, 3.63) is 53.7 Å². The van der Waals surface area contributed by atoms with Crippen molar-refractivity contribution in [2.45, 2.75) is 20.4 Å². The highest BCUT2D eigenvalue weighted by Crippen LogP contribution is 2.24. The van der Waals surface area contributed by atoms with E-state index >= 15 is 0 Å². The largest absolute Gasteiger partial charge is 0.261 e. The van der Waals surface area contributed by atoms with Gasteiger partial charge in [0.15, 0.2) is 11.5 Å². The van der Waals surface area contributed by atoms with Crippen LogP contribution in [0.15, 0.2) is 36.7 Å². The van der Waals surface area contributed by atoms with Gasteiger partial charge in [-0.25, -0.2) is 14.6 Å². The number of rotatable bonds is 3. The van der Waals surface area contributed by atoms with Crippen molar-refractivity contribution in [1.82, 2.24) is 34.9 Å². The number of hydrogen-bond acceptors (Lipinski definition) is 5. The van der Waals surface area contributed by atoms with Gasteiger partial charge >= 0.3 is 0 Å². The first-order chi connectivity index (χ1) is 11.2. The van der Waals surface area contributed by atoms with Crippen molar-refractivity contribution in [2.75, 3.05) is 0 Å². The molecule has 0 aliphatic carbocycles. The second-order valence-electron chi connectivity index (χ2n) is 5.42. The third-order valence-electron chi connectivity index (χ3n) is 3.63. The minimum Gasteiger partial charge on any atom is -0.261 e. The normalized spacial score (nSPS) is 11.2. The van der Waals surface area contributed by atoms with E-state index in [1.165, 1.54) is 0 Å². The van der Waals surface area contributed by atoms with Gasteiger partial charge in [0.25, 0.3) is 0 Å². The summed E-state index contributed by atoms with van der Waals surface area (Å²) in [6, 6.07) is 7.94. The standard InChI is InChI=1S/C16H15N7/c1-10-5-6-12(8-18-10)9-23-16-13(4-3-7-17-16)14(22-23)15-19-11(2)20-21-15/h3-8H,9H2,1-2H3,(H,19,20,21). The zero-order chi connectivity index (χ0) is 15.8. The van der Waals surface area contributed by atoms with Crippen LogP contribution in [0.4, 0.5) is 0 Å². The predicted molar refractivity (Wildman–Crippen MR) is 85.7 cm³/mol. The summed E-state index contributed by atoms with van der Waals surface area (Å²) < 4.78 is 1.87. The number of nitrogens with zero attached hydrogens (tertiary/aromatic N) is 6. The highest BCUT2D eigenvalue weighted by Gasteiger charge is 2.16. The Labute approximate surface area is 132 Å². The van der Waals surface area contributed by atoms with E-state index in [0.717, 1.165) is 28.0 Å². The molecule has 7 nitrogen and oxygen atoms in total. The van der Waals surface area contributed by atoms with Gasteiger partial charge in [-0.3, -0.25) is 10.1 Å². The number of nitrogens with one attached hydrogen (secondary N) is 1. The summed E-state index contributed by atoms with van der Waals surface area (Å²) in [6.45, 7) is 4.42. The molecule has 0 radical (unpaired) electrons. The molecule has 0 atom stereocenters. The summed E-state index contributed by atoms with van der Waals surface area (Å²) in [5.41, 5.74) is 3.65. The molecule has 0 saturated heterocycles. The molecule has 0 amide bonds. The van der Waals surface area contributed by atoms with E-state index in [9.17, 15) is 0 Å². The maximum Gasteiger partial charge on any atom is 0.177 e. The topological polar surface area (TPSA) is 85.2 Å². The number of hydrogen-bond donors (Lipinski definition) is 1. The molecule has 114 valence electrons. The van der Waals surface area contributed by atoms with Crippen molar-refractivity contribution < 1.29 is 0 Å². The van der Waals surface area contributed by atoms with E-state index in [1.807, 2.05) is 42.9 Å². The molecule has 4 aromatic rings. The van der Waals surface area contributed by atoms with Crippen molar-refractivity contribution in [2.24, 2.45) is 0 Å². The minimum atomic E-state index is 0.605. The number of aromatic nitrogens is 7. The number of aryl methyl sites for hydroxylation is 2. The first-order valence-corrected chi connectivity index (χ1v) is 7.33. The van der Waals surface area contributed by atoms with Gasteiger partial charge in [-0.05, 0) is 37.6 Å². The molecule has 0 bridgehead atoms. The molecular formula is C16H15N7. The van der Waals surface area contributed by atoms with Crippen LogP contribution in [0.2, 0.25) is 0 Å². The molecule has 0 unspecified atom stereocenters. The lowest BCUT2D eigenvalue weighted by molar-refractivity contribution is 0.703. The Bertz CT molecular complexity index is 966. The first kappa shape index (κ1) is 13.6. The molecule has 0 fully saturated rings. The molecule has 4 rings (SSSR count). The molecular weight excluding hydrogens is 290 g/mol.